The maximum absolute atomic E-state index is 11.9. The van der Waals surface area contributed by atoms with Crippen molar-refractivity contribution in [2.24, 2.45) is 10.2 Å². The van der Waals surface area contributed by atoms with Crippen molar-refractivity contribution in [2.75, 3.05) is 12.3 Å². The Labute approximate surface area is 226 Å². The summed E-state index contributed by atoms with van der Waals surface area (Å²) in [6.45, 7) is 2.75. The van der Waals surface area contributed by atoms with Crippen molar-refractivity contribution in [2.45, 2.75) is 24.7 Å². The second kappa shape index (κ2) is 11.7. The van der Waals surface area contributed by atoms with Crippen LogP contribution in [-0.2, 0) is 10.1 Å². The number of nitrogen functional groups attached to an aromatic ring is 1. The van der Waals surface area contributed by atoms with E-state index in [2.05, 4.69) is 22.1 Å². The van der Waals surface area contributed by atoms with Gasteiger partial charge in [0.25, 0.3) is 10.1 Å². The van der Waals surface area contributed by atoms with Crippen molar-refractivity contribution in [3.63, 3.8) is 0 Å². The summed E-state index contributed by atoms with van der Waals surface area (Å²) in [7, 11) is -4.48. The Morgan fingerprint density at radius 1 is 1.00 bits per heavy atom. The average molecular weight is 501 g/mol. The molecule has 0 saturated heterocycles. The number of unbranched alkanes of at least 4 members (excludes halogenated alkanes) is 1. The van der Waals surface area contributed by atoms with Crippen molar-refractivity contribution in [1.82, 2.24) is 4.98 Å². The second-order valence-corrected chi connectivity index (χ2v) is 9.02. The number of benzene rings is 3. The third kappa shape index (κ3) is 6.25. The molecule has 35 heavy (non-hydrogen) atoms. The molecule has 0 fully saturated rings. The molecule has 0 aliphatic rings. The molecule has 4 rings (SSSR count). The van der Waals surface area contributed by atoms with Gasteiger partial charge in [-0.05, 0) is 36.8 Å². The molecule has 1 aromatic heterocycles. The molecule has 8 nitrogen and oxygen atoms in total. The third-order valence-electron chi connectivity index (χ3n) is 5.24. The van der Waals surface area contributed by atoms with Crippen molar-refractivity contribution in [1.29, 1.82) is 0 Å². The summed E-state index contributed by atoms with van der Waals surface area (Å²) in [5.41, 5.74) is 8.64. The van der Waals surface area contributed by atoms with Crippen LogP contribution in [0.1, 0.15) is 19.8 Å². The van der Waals surface area contributed by atoms with Gasteiger partial charge in [-0.2, -0.15) is 8.42 Å². The summed E-state index contributed by atoms with van der Waals surface area (Å²) in [6.07, 6.45) is 3.58. The van der Waals surface area contributed by atoms with Gasteiger partial charge in [-0.3, -0.25) is 9.54 Å². The number of pyridine rings is 1. The van der Waals surface area contributed by atoms with E-state index in [1.807, 2.05) is 30.3 Å². The van der Waals surface area contributed by atoms with Crippen LogP contribution in [-0.4, -0.2) is 54.1 Å². The van der Waals surface area contributed by atoms with Crippen LogP contribution in [0.5, 0.6) is 5.75 Å². The van der Waals surface area contributed by atoms with Crippen LogP contribution >= 0.6 is 0 Å². The van der Waals surface area contributed by atoms with Crippen LogP contribution in [0.4, 0.5) is 17.1 Å². The Bertz CT molecular complexity index is 1460. The Morgan fingerprint density at radius 2 is 1.71 bits per heavy atom. The minimum absolute atomic E-state index is 0. The second-order valence-electron chi connectivity index (χ2n) is 7.63. The summed E-state index contributed by atoms with van der Waals surface area (Å²) >= 11 is 0. The summed E-state index contributed by atoms with van der Waals surface area (Å²) in [4.78, 5) is 4.20. The molecular weight excluding hydrogens is 475 g/mol. The Kier molecular flexibility index (Phi) is 8.98. The van der Waals surface area contributed by atoms with Crippen LogP contribution in [0, 0.1) is 0 Å². The third-order valence-corrected chi connectivity index (χ3v) is 6.14. The van der Waals surface area contributed by atoms with Gasteiger partial charge in [0.15, 0.2) is 0 Å². The van der Waals surface area contributed by atoms with Gasteiger partial charge < -0.3 is 10.5 Å². The van der Waals surface area contributed by atoms with E-state index in [1.54, 1.807) is 36.5 Å². The molecule has 3 aromatic carbocycles. The number of rotatable bonds is 8. The molecule has 0 aliphatic carbocycles. The van der Waals surface area contributed by atoms with Gasteiger partial charge in [-0.1, -0.05) is 49.7 Å². The number of azo groups is 1. The predicted molar refractivity (Wildman–Crippen MR) is 140 cm³/mol. The number of hydrogen-bond donors (Lipinski definition) is 2. The maximum atomic E-state index is 11.9. The normalized spacial score (nSPS) is 11.5. The van der Waals surface area contributed by atoms with Crippen molar-refractivity contribution < 1.29 is 17.7 Å². The van der Waals surface area contributed by atoms with Crippen LogP contribution < -0.4 is 10.5 Å². The predicted octanol–water partition coefficient (Wildman–Crippen LogP) is 5.68. The quantitative estimate of drug-likeness (QED) is 0.105. The molecule has 10 heteroatoms. The number of ether oxygens (including phenoxy) is 1. The minimum atomic E-state index is -4.48. The Hall–Kier alpha value is -2.82. The first-order valence-electron chi connectivity index (χ1n) is 10.8. The molecular formula is C25H25N4NaO4S. The van der Waals surface area contributed by atoms with Gasteiger partial charge in [0.1, 0.15) is 22.0 Å². The molecule has 0 unspecified atom stereocenters. The first-order chi connectivity index (χ1) is 16.4. The summed E-state index contributed by atoms with van der Waals surface area (Å²) in [5.74, 6) is 0.763. The summed E-state index contributed by atoms with van der Waals surface area (Å²) in [5, 5.41) is 9.06. The average Bonchev–Trinajstić information content (AvgIpc) is 2.84. The summed E-state index contributed by atoms with van der Waals surface area (Å²) in [6, 6.07) is 19.1. The monoisotopic (exact) mass is 500 g/mol. The van der Waals surface area contributed by atoms with E-state index in [-0.39, 0.29) is 45.8 Å². The molecule has 0 amide bonds. The van der Waals surface area contributed by atoms with Gasteiger partial charge in [0.2, 0.25) is 0 Å². The first kappa shape index (κ1) is 26.8. The number of anilines is 1. The van der Waals surface area contributed by atoms with Gasteiger partial charge in [0.05, 0.1) is 24.2 Å². The SMILES string of the molecule is CCCCOc1ccccc1-c1ccc(/N=N/c2cc(S(=O)(=O)O)c3ccccc3c2N)cn1.[NaH]. The fourth-order valence-corrected chi connectivity index (χ4v) is 4.21. The van der Waals surface area contributed by atoms with E-state index >= 15 is 0 Å². The molecule has 0 saturated carbocycles. The van der Waals surface area contributed by atoms with Gasteiger partial charge in [-0.25, -0.2) is 0 Å². The fourth-order valence-electron chi connectivity index (χ4n) is 3.49. The number of nitrogens with zero attached hydrogens (tertiary/aromatic N) is 3. The van der Waals surface area contributed by atoms with Crippen LogP contribution in [0.25, 0.3) is 22.0 Å². The Balaban J connectivity index is 0.00000342. The van der Waals surface area contributed by atoms with Gasteiger partial charge >= 0.3 is 29.6 Å². The number of fused-ring (bicyclic) bond motifs is 1. The van der Waals surface area contributed by atoms with E-state index in [0.29, 0.717) is 23.1 Å². The standard InChI is InChI=1S/C25H24N4O4S.Na.H/c1-2-3-14-33-23-11-7-6-10-20(23)21-13-12-17(16-27-21)28-29-22-15-24(34(30,31)32)18-8-4-5-9-19(18)25(22)26;;/h4-13,15-16H,2-3,14,26H2,1H3,(H,30,31,32);;/b29-28+;;. The van der Waals surface area contributed by atoms with Crippen molar-refractivity contribution in [3.05, 3.63) is 72.9 Å². The molecule has 0 aliphatic heterocycles. The van der Waals surface area contributed by atoms with E-state index in [0.717, 1.165) is 29.8 Å². The van der Waals surface area contributed by atoms with E-state index in [1.165, 1.54) is 6.07 Å². The molecule has 1 heterocycles. The fraction of sp³-hybridized carbons (Fsp3) is 0.160. The molecule has 0 bridgehead atoms. The van der Waals surface area contributed by atoms with Crippen LogP contribution in [0.2, 0.25) is 0 Å². The Morgan fingerprint density at radius 3 is 2.40 bits per heavy atom. The number of hydrogen-bond acceptors (Lipinski definition) is 7. The molecule has 4 aromatic rings. The topological polar surface area (TPSA) is 127 Å². The summed E-state index contributed by atoms with van der Waals surface area (Å²) < 4.78 is 39.3. The van der Waals surface area contributed by atoms with Crippen LogP contribution in [0.15, 0.2) is 88.1 Å². The van der Waals surface area contributed by atoms with E-state index < -0.39 is 10.1 Å². The zero-order chi connectivity index (χ0) is 24.1. The first-order valence-corrected chi connectivity index (χ1v) is 12.2. The van der Waals surface area contributed by atoms with Gasteiger partial charge in [-0.15, -0.1) is 10.2 Å². The van der Waals surface area contributed by atoms with Crippen molar-refractivity contribution >= 4 is 67.5 Å². The molecule has 0 atom stereocenters. The van der Waals surface area contributed by atoms with Gasteiger partial charge in [0, 0.05) is 16.3 Å². The number of aromatic nitrogens is 1. The molecule has 0 spiro atoms. The van der Waals surface area contributed by atoms with Crippen LogP contribution in [0.3, 0.4) is 0 Å². The molecule has 176 valence electrons. The molecule has 3 N–H and O–H groups in total. The number of nitrogens with two attached hydrogens (primary N) is 1. The number of para-hydroxylation sites is 1. The van der Waals surface area contributed by atoms with E-state index in [4.69, 9.17) is 10.5 Å². The van der Waals surface area contributed by atoms with E-state index in [9.17, 15) is 13.0 Å². The zero-order valence-electron chi connectivity index (χ0n) is 18.5. The molecule has 0 radical (unpaired) electrons. The van der Waals surface area contributed by atoms with Crippen molar-refractivity contribution in [3.8, 4) is 17.0 Å². The zero-order valence-corrected chi connectivity index (χ0v) is 19.4.